The molecule has 148 valence electrons. The van der Waals surface area contributed by atoms with Gasteiger partial charge in [0.15, 0.2) is 5.82 Å². The summed E-state index contributed by atoms with van der Waals surface area (Å²) in [5, 5.41) is 9.43. The number of anilines is 2. The second-order valence-electron chi connectivity index (χ2n) is 8.01. The SMILES string of the molecule is Cc1cc(NC(=O)Nc2cc(C(C)(C)C)on2)ccc1-n1cnc2ccccc21. The summed E-state index contributed by atoms with van der Waals surface area (Å²) in [5.74, 6) is 1.09. The van der Waals surface area contributed by atoms with Crippen LogP contribution >= 0.6 is 0 Å². The lowest BCUT2D eigenvalue weighted by Gasteiger charge is -2.12. The van der Waals surface area contributed by atoms with Crippen LogP contribution in [0.5, 0.6) is 0 Å². The summed E-state index contributed by atoms with van der Waals surface area (Å²) in [7, 11) is 0. The molecule has 0 radical (unpaired) electrons. The zero-order chi connectivity index (χ0) is 20.6. The summed E-state index contributed by atoms with van der Waals surface area (Å²) in [4.78, 5) is 16.8. The fraction of sp³-hybridized carbons (Fsp3) is 0.227. The predicted octanol–water partition coefficient (Wildman–Crippen LogP) is 5.26. The normalized spacial score (nSPS) is 11.6. The Morgan fingerprint density at radius 3 is 2.59 bits per heavy atom. The van der Waals surface area contributed by atoms with Crippen LogP contribution in [0, 0.1) is 6.92 Å². The fourth-order valence-electron chi connectivity index (χ4n) is 3.12. The van der Waals surface area contributed by atoms with E-state index in [0.717, 1.165) is 22.3 Å². The molecule has 0 unspecified atom stereocenters. The number of hydrogen-bond donors (Lipinski definition) is 2. The average molecular weight is 389 g/mol. The second kappa shape index (κ2) is 7.09. The monoisotopic (exact) mass is 389 g/mol. The van der Waals surface area contributed by atoms with Crippen molar-refractivity contribution in [3.63, 3.8) is 0 Å². The molecule has 2 aromatic heterocycles. The molecule has 0 atom stereocenters. The van der Waals surface area contributed by atoms with Crippen LogP contribution in [0.1, 0.15) is 32.1 Å². The van der Waals surface area contributed by atoms with E-state index in [-0.39, 0.29) is 11.4 Å². The van der Waals surface area contributed by atoms with Crippen LogP contribution in [0.15, 0.2) is 59.4 Å². The Bertz CT molecular complexity index is 1180. The number of imidazole rings is 1. The molecule has 0 saturated carbocycles. The van der Waals surface area contributed by atoms with Gasteiger partial charge >= 0.3 is 6.03 Å². The van der Waals surface area contributed by atoms with E-state index in [2.05, 4.69) is 20.8 Å². The van der Waals surface area contributed by atoms with Crippen molar-refractivity contribution in [2.24, 2.45) is 0 Å². The molecule has 7 heteroatoms. The van der Waals surface area contributed by atoms with Crippen LogP contribution in [0.2, 0.25) is 0 Å². The molecule has 4 aromatic rings. The Morgan fingerprint density at radius 1 is 1.07 bits per heavy atom. The van der Waals surface area contributed by atoms with Gasteiger partial charge in [0, 0.05) is 17.2 Å². The molecule has 29 heavy (non-hydrogen) atoms. The van der Waals surface area contributed by atoms with E-state index < -0.39 is 0 Å². The van der Waals surface area contributed by atoms with Gasteiger partial charge in [-0.2, -0.15) is 0 Å². The van der Waals surface area contributed by atoms with Crippen LogP contribution in [-0.2, 0) is 5.41 Å². The van der Waals surface area contributed by atoms with Crippen molar-refractivity contribution in [1.29, 1.82) is 0 Å². The lowest BCUT2D eigenvalue weighted by Crippen LogP contribution is -2.19. The first-order valence-corrected chi connectivity index (χ1v) is 9.39. The van der Waals surface area contributed by atoms with E-state index in [4.69, 9.17) is 4.52 Å². The van der Waals surface area contributed by atoms with Gasteiger partial charge < -0.3 is 9.84 Å². The van der Waals surface area contributed by atoms with E-state index in [9.17, 15) is 4.79 Å². The molecule has 2 heterocycles. The van der Waals surface area contributed by atoms with Gasteiger partial charge in [-0.05, 0) is 42.8 Å². The lowest BCUT2D eigenvalue weighted by atomic mass is 9.93. The molecular formula is C22H23N5O2. The molecule has 4 rings (SSSR count). The van der Waals surface area contributed by atoms with Gasteiger partial charge in [0.25, 0.3) is 0 Å². The maximum atomic E-state index is 12.3. The smallest absolute Gasteiger partial charge is 0.324 e. The van der Waals surface area contributed by atoms with Gasteiger partial charge in [-0.15, -0.1) is 0 Å². The van der Waals surface area contributed by atoms with Crippen molar-refractivity contribution in [1.82, 2.24) is 14.7 Å². The number of fused-ring (bicyclic) bond motifs is 1. The van der Waals surface area contributed by atoms with Gasteiger partial charge in [0.2, 0.25) is 0 Å². The standard InChI is InChI=1S/C22H23N5O2/c1-14-11-15(24-21(28)25-20-12-19(29-26-20)22(2,3)4)9-10-17(14)27-13-23-16-7-5-6-8-18(16)27/h5-13H,1-4H3,(H2,24,25,26,28). The van der Waals surface area contributed by atoms with E-state index in [1.807, 2.05) is 81.1 Å². The average Bonchev–Trinajstić information content (AvgIpc) is 3.29. The summed E-state index contributed by atoms with van der Waals surface area (Å²) in [6, 6.07) is 15.1. The second-order valence-corrected chi connectivity index (χ2v) is 8.01. The quantitative estimate of drug-likeness (QED) is 0.500. The Hall–Kier alpha value is -3.61. The number of aryl methyl sites for hydroxylation is 1. The van der Waals surface area contributed by atoms with Crippen LogP contribution in [0.25, 0.3) is 16.7 Å². The first-order valence-electron chi connectivity index (χ1n) is 9.39. The van der Waals surface area contributed by atoms with Crippen LogP contribution in [0.3, 0.4) is 0 Å². The summed E-state index contributed by atoms with van der Waals surface area (Å²) in [6.07, 6.45) is 1.81. The molecule has 2 aromatic carbocycles. The van der Waals surface area contributed by atoms with E-state index >= 15 is 0 Å². The number of rotatable bonds is 3. The third-order valence-electron chi connectivity index (χ3n) is 4.66. The van der Waals surface area contributed by atoms with Gasteiger partial charge in [0.1, 0.15) is 12.1 Å². The summed E-state index contributed by atoms with van der Waals surface area (Å²) in [6.45, 7) is 8.06. The highest BCUT2D eigenvalue weighted by Gasteiger charge is 2.20. The summed E-state index contributed by atoms with van der Waals surface area (Å²) >= 11 is 0. The Kier molecular flexibility index (Phi) is 4.58. The topological polar surface area (TPSA) is 85.0 Å². The predicted molar refractivity (Wildman–Crippen MR) is 114 cm³/mol. The summed E-state index contributed by atoms with van der Waals surface area (Å²) in [5.41, 5.74) is 4.52. The highest BCUT2D eigenvalue weighted by molar-refractivity contribution is 5.99. The minimum atomic E-state index is -0.376. The van der Waals surface area contributed by atoms with Crippen molar-refractivity contribution in [3.8, 4) is 5.69 Å². The van der Waals surface area contributed by atoms with Crippen molar-refractivity contribution >= 4 is 28.6 Å². The molecule has 0 saturated heterocycles. The number of hydrogen-bond acceptors (Lipinski definition) is 4. The number of benzene rings is 2. The molecular weight excluding hydrogens is 366 g/mol. The summed E-state index contributed by atoms with van der Waals surface area (Å²) < 4.78 is 7.33. The minimum Gasteiger partial charge on any atom is -0.359 e. The molecule has 7 nitrogen and oxygen atoms in total. The molecule has 2 amide bonds. The van der Waals surface area contributed by atoms with Gasteiger partial charge in [-0.3, -0.25) is 9.88 Å². The van der Waals surface area contributed by atoms with Gasteiger partial charge in [-0.1, -0.05) is 38.1 Å². The Labute approximate surface area is 168 Å². The molecule has 0 bridgehead atoms. The number of urea groups is 1. The highest BCUT2D eigenvalue weighted by Crippen LogP contribution is 2.25. The third-order valence-corrected chi connectivity index (χ3v) is 4.66. The van der Waals surface area contributed by atoms with Crippen molar-refractivity contribution in [2.75, 3.05) is 10.6 Å². The first-order chi connectivity index (χ1) is 13.8. The first kappa shape index (κ1) is 18.7. The van der Waals surface area contributed by atoms with Crippen LogP contribution in [-0.4, -0.2) is 20.7 Å². The fourth-order valence-corrected chi connectivity index (χ4v) is 3.12. The molecule has 0 spiro atoms. The zero-order valence-electron chi connectivity index (χ0n) is 16.9. The van der Waals surface area contributed by atoms with Gasteiger partial charge in [-0.25, -0.2) is 9.78 Å². The number of carbonyl (C=O) groups is 1. The highest BCUT2D eigenvalue weighted by atomic mass is 16.5. The number of nitrogens with one attached hydrogen (secondary N) is 2. The number of amides is 2. The maximum Gasteiger partial charge on any atom is 0.324 e. The largest absolute Gasteiger partial charge is 0.359 e. The molecule has 0 aliphatic carbocycles. The van der Waals surface area contributed by atoms with Gasteiger partial charge in [0.05, 0.1) is 16.7 Å². The maximum absolute atomic E-state index is 12.3. The number of para-hydroxylation sites is 2. The Morgan fingerprint density at radius 2 is 1.86 bits per heavy atom. The lowest BCUT2D eigenvalue weighted by molar-refractivity contribution is 0.262. The van der Waals surface area contributed by atoms with Crippen molar-refractivity contribution < 1.29 is 9.32 Å². The molecule has 0 aliphatic rings. The number of carbonyl (C=O) groups excluding carboxylic acids is 1. The van der Waals surface area contributed by atoms with Crippen molar-refractivity contribution in [3.05, 3.63) is 66.2 Å². The third kappa shape index (κ3) is 3.85. The van der Waals surface area contributed by atoms with E-state index in [1.54, 1.807) is 6.07 Å². The Balaban J connectivity index is 1.49. The minimum absolute atomic E-state index is 0.173. The van der Waals surface area contributed by atoms with Crippen LogP contribution < -0.4 is 10.6 Å². The molecule has 0 aliphatic heterocycles. The zero-order valence-corrected chi connectivity index (χ0v) is 16.9. The molecule has 0 fully saturated rings. The van der Waals surface area contributed by atoms with E-state index in [1.165, 1.54) is 0 Å². The number of nitrogens with zero attached hydrogens (tertiary/aromatic N) is 3. The van der Waals surface area contributed by atoms with Crippen molar-refractivity contribution in [2.45, 2.75) is 33.1 Å². The van der Waals surface area contributed by atoms with Crippen LogP contribution in [0.4, 0.5) is 16.3 Å². The molecule has 2 N–H and O–H groups in total. The number of aromatic nitrogens is 3. The van der Waals surface area contributed by atoms with E-state index in [0.29, 0.717) is 17.3 Å².